The highest BCUT2D eigenvalue weighted by molar-refractivity contribution is 6.31. The van der Waals surface area contributed by atoms with Crippen LogP contribution >= 0.6 is 11.6 Å². The molecule has 0 saturated carbocycles. The van der Waals surface area contributed by atoms with Gasteiger partial charge in [0.2, 0.25) is 0 Å². The van der Waals surface area contributed by atoms with Gasteiger partial charge in [0.25, 0.3) is 0 Å². The Morgan fingerprint density at radius 1 is 1.08 bits per heavy atom. The van der Waals surface area contributed by atoms with Gasteiger partial charge in [-0.05, 0) is 37.9 Å². The topological polar surface area (TPSA) is 15.6 Å². The van der Waals surface area contributed by atoms with Gasteiger partial charge in [-0.2, -0.15) is 0 Å². The van der Waals surface area contributed by atoms with Crippen LogP contribution in [0.3, 0.4) is 0 Å². The maximum absolute atomic E-state index is 6.26. The summed E-state index contributed by atoms with van der Waals surface area (Å²) in [6, 6.07) is 16.1. The van der Waals surface area contributed by atoms with Gasteiger partial charge in [-0.3, -0.25) is 9.89 Å². The van der Waals surface area contributed by atoms with Crippen molar-refractivity contribution >= 4 is 22.9 Å². The van der Waals surface area contributed by atoms with Gasteiger partial charge in [-0.1, -0.05) is 59.8 Å². The van der Waals surface area contributed by atoms with E-state index in [4.69, 9.17) is 16.6 Å². The summed E-state index contributed by atoms with van der Waals surface area (Å²) in [6.45, 7) is 1.34. The first-order valence-electron chi connectivity index (χ1n) is 7.89. The number of rotatable bonds is 2. The van der Waals surface area contributed by atoms with Gasteiger partial charge >= 0.3 is 0 Å². The zero-order valence-electron chi connectivity index (χ0n) is 13.9. The average molecular weight is 335 g/mol. The number of nitrogens with zero attached hydrogens (tertiary/aromatic N) is 2. The Balaban J connectivity index is 2.07. The molecular formula is C21H19ClN2. The van der Waals surface area contributed by atoms with Crippen LogP contribution in [-0.2, 0) is 0 Å². The highest BCUT2D eigenvalue weighted by Gasteiger charge is 2.16. The van der Waals surface area contributed by atoms with E-state index in [9.17, 15) is 0 Å². The summed E-state index contributed by atoms with van der Waals surface area (Å²) >= 11 is 6.26. The Labute approximate surface area is 148 Å². The standard InChI is InChI=1S/C21H19ClN2/c1-24(2)14-6-9-16-12-13-23-21(17-7-4-3-5-8-17)20-15-18(22)10-11-19(16)20/h3-5,7-8,10-12,15H,13-14H2,1-2H3. The monoisotopic (exact) mass is 334 g/mol. The third kappa shape index (κ3) is 3.76. The Kier molecular flexibility index (Phi) is 5.15. The molecule has 2 nitrogen and oxygen atoms in total. The van der Waals surface area contributed by atoms with Gasteiger partial charge in [0.1, 0.15) is 0 Å². The van der Waals surface area contributed by atoms with E-state index >= 15 is 0 Å². The molecule has 1 aliphatic heterocycles. The predicted molar refractivity (Wildman–Crippen MR) is 103 cm³/mol. The minimum atomic E-state index is 0.614. The van der Waals surface area contributed by atoms with Crippen LogP contribution in [0.1, 0.15) is 16.7 Å². The van der Waals surface area contributed by atoms with Crippen molar-refractivity contribution < 1.29 is 0 Å². The third-order valence-corrected chi connectivity index (χ3v) is 3.97. The minimum absolute atomic E-state index is 0.614. The van der Waals surface area contributed by atoms with Crippen molar-refractivity contribution in [2.45, 2.75) is 0 Å². The van der Waals surface area contributed by atoms with Crippen LogP contribution in [0.4, 0.5) is 0 Å². The molecule has 0 aliphatic carbocycles. The van der Waals surface area contributed by atoms with Crippen molar-refractivity contribution in [3.8, 4) is 11.8 Å². The molecular weight excluding hydrogens is 316 g/mol. The van der Waals surface area contributed by atoms with Crippen LogP contribution in [0.25, 0.3) is 5.57 Å². The molecule has 0 N–H and O–H groups in total. The van der Waals surface area contributed by atoms with E-state index in [0.717, 1.165) is 34.5 Å². The maximum atomic E-state index is 6.26. The fraction of sp³-hybridized carbons (Fsp3) is 0.190. The van der Waals surface area contributed by atoms with Crippen molar-refractivity contribution in [3.63, 3.8) is 0 Å². The van der Waals surface area contributed by atoms with E-state index in [1.54, 1.807) is 0 Å². The molecule has 0 spiro atoms. The molecule has 1 aliphatic rings. The summed E-state index contributed by atoms with van der Waals surface area (Å²) in [4.78, 5) is 6.83. The molecule has 0 bridgehead atoms. The summed E-state index contributed by atoms with van der Waals surface area (Å²) in [5.74, 6) is 6.51. The number of fused-ring (bicyclic) bond motifs is 1. The lowest BCUT2D eigenvalue weighted by Crippen LogP contribution is -2.10. The van der Waals surface area contributed by atoms with Gasteiger partial charge in [0.05, 0.1) is 18.8 Å². The molecule has 120 valence electrons. The number of aliphatic imine (C=N–C) groups is 1. The van der Waals surface area contributed by atoms with Gasteiger partial charge in [0, 0.05) is 21.7 Å². The predicted octanol–water partition coefficient (Wildman–Crippen LogP) is 4.14. The SMILES string of the molecule is CN(C)CC#CC1=CCN=C(c2ccccc2)c2cc(Cl)ccc21. The molecule has 0 radical (unpaired) electrons. The summed E-state index contributed by atoms with van der Waals surface area (Å²) < 4.78 is 0. The molecule has 1 heterocycles. The third-order valence-electron chi connectivity index (χ3n) is 3.74. The van der Waals surface area contributed by atoms with Crippen LogP contribution in [0.5, 0.6) is 0 Å². The molecule has 0 atom stereocenters. The lowest BCUT2D eigenvalue weighted by molar-refractivity contribution is 0.464. The van der Waals surface area contributed by atoms with Crippen LogP contribution in [0, 0.1) is 11.8 Å². The number of allylic oxidation sites excluding steroid dienone is 1. The van der Waals surface area contributed by atoms with Crippen LogP contribution < -0.4 is 0 Å². The van der Waals surface area contributed by atoms with Crippen molar-refractivity contribution in [1.82, 2.24) is 4.90 Å². The molecule has 0 fully saturated rings. The van der Waals surface area contributed by atoms with Crippen LogP contribution in [0.2, 0.25) is 5.02 Å². The number of benzene rings is 2. The molecule has 0 saturated heterocycles. The lowest BCUT2D eigenvalue weighted by Gasteiger charge is -2.11. The Morgan fingerprint density at radius 2 is 1.88 bits per heavy atom. The molecule has 0 amide bonds. The van der Waals surface area contributed by atoms with Crippen molar-refractivity contribution in [2.24, 2.45) is 4.99 Å². The Morgan fingerprint density at radius 3 is 2.62 bits per heavy atom. The summed E-state index contributed by atoms with van der Waals surface area (Å²) in [5, 5.41) is 0.708. The van der Waals surface area contributed by atoms with E-state index in [2.05, 4.69) is 34.9 Å². The quantitative estimate of drug-likeness (QED) is 0.754. The molecule has 24 heavy (non-hydrogen) atoms. The largest absolute Gasteiger partial charge is 0.299 e. The maximum Gasteiger partial charge on any atom is 0.0729 e. The number of hydrogen-bond acceptors (Lipinski definition) is 2. The first-order valence-corrected chi connectivity index (χ1v) is 8.27. The molecule has 3 rings (SSSR count). The van der Waals surface area contributed by atoms with E-state index in [-0.39, 0.29) is 0 Å². The van der Waals surface area contributed by atoms with E-state index in [0.29, 0.717) is 11.6 Å². The highest BCUT2D eigenvalue weighted by Crippen LogP contribution is 2.27. The smallest absolute Gasteiger partial charge is 0.0729 e. The molecule has 2 aromatic carbocycles. The number of halogens is 1. The average Bonchev–Trinajstić information content (AvgIpc) is 2.75. The van der Waals surface area contributed by atoms with E-state index in [1.165, 1.54) is 0 Å². The number of hydrogen-bond donors (Lipinski definition) is 0. The Hall–Kier alpha value is -2.34. The summed E-state index contributed by atoms with van der Waals surface area (Å²) in [7, 11) is 4.03. The van der Waals surface area contributed by atoms with Crippen molar-refractivity contribution in [3.05, 3.63) is 76.3 Å². The van der Waals surface area contributed by atoms with Crippen molar-refractivity contribution in [1.29, 1.82) is 0 Å². The summed E-state index contributed by atoms with van der Waals surface area (Å²) in [5.41, 5.74) is 5.20. The summed E-state index contributed by atoms with van der Waals surface area (Å²) in [6.07, 6.45) is 2.09. The molecule has 3 heteroatoms. The molecule has 0 aromatic heterocycles. The van der Waals surface area contributed by atoms with Gasteiger partial charge < -0.3 is 0 Å². The first kappa shape index (κ1) is 16.5. The molecule has 0 unspecified atom stereocenters. The highest BCUT2D eigenvalue weighted by atomic mass is 35.5. The Bertz CT molecular complexity index is 852. The normalized spacial score (nSPS) is 13.3. The van der Waals surface area contributed by atoms with Gasteiger partial charge in [0.15, 0.2) is 0 Å². The van der Waals surface area contributed by atoms with Crippen LogP contribution in [0.15, 0.2) is 59.6 Å². The fourth-order valence-electron chi connectivity index (χ4n) is 2.62. The first-order chi connectivity index (χ1) is 11.6. The fourth-order valence-corrected chi connectivity index (χ4v) is 2.80. The second-order valence-electron chi connectivity index (χ2n) is 5.90. The zero-order chi connectivity index (χ0) is 16.9. The second kappa shape index (κ2) is 7.49. The zero-order valence-corrected chi connectivity index (χ0v) is 14.6. The van der Waals surface area contributed by atoms with Crippen LogP contribution in [-0.4, -0.2) is 37.8 Å². The van der Waals surface area contributed by atoms with E-state index in [1.807, 2.05) is 50.5 Å². The minimum Gasteiger partial charge on any atom is -0.299 e. The van der Waals surface area contributed by atoms with E-state index < -0.39 is 0 Å². The van der Waals surface area contributed by atoms with Gasteiger partial charge in [-0.15, -0.1) is 0 Å². The second-order valence-corrected chi connectivity index (χ2v) is 6.34. The van der Waals surface area contributed by atoms with Crippen molar-refractivity contribution in [2.75, 3.05) is 27.2 Å². The molecule has 2 aromatic rings. The van der Waals surface area contributed by atoms with Gasteiger partial charge in [-0.25, -0.2) is 0 Å². The lowest BCUT2D eigenvalue weighted by atomic mass is 9.94.